The molecule has 1 aromatic heterocycles. The van der Waals surface area contributed by atoms with Crippen molar-refractivity contribution in [2.45, 2.75) is 39.1 Å². The Morgan fingerprint density at radius 3 is 2.14 bits per heavy atom. The van der Waals surface area contributed by atoms with Crippen LogP contribution in [0.5, 0.6) is 0 Å². The van der Waals surface area contributed by atoms with Crippen LogP contribution in [-0.2, 0) is 23.6 Å². The largest absolute Gasteiger partial charge is 0.273 e. The second kappa shape index (κ2) is 5.61. The van der Waals surface area contributed by atoms with Crippen molar-refractivity contribution < 1.29 is 8.42 Å². The Bertz CT molecular complexity index is 734. The SMILES string of the molecule is Cc1cc(C)c(S(=O)(=O)NCc2cc(C)n(C)n2)c(C)c1. The molecule has 1 aromatic carbocycles. The van der Waals surface area contributed by atoms with Crippen molar-refractivity contribution in [3.8, 4) is 0 Å². The molecule has 0 bridgehead atoms. The zero-order valence-electron chi connectivity index (χ0n) is 13.1. The van der Waals surface area contributed by atoms with Crippen molar-refractivity contribution in [3.63, 3.8) is 0 Å². The van der Waals surface area contributed by atoms with E-state index in [-0.39, 0.29) is 6.54 Å². The minimum atomic E-state index is -3.54. The molecule has 114 valence electrons. The summed E-state index contributed by atoms with van der Waals surface area (Å²) in [5, 5.41) is 4.26. The molecule has 0 atom stereocenters. The van der Waals surface area contributed by atoms with E-state index < -0.39 is 10.0 Å². The smallest absolute Gasteiger partial charge is 0.241 e. The van der Waals surface area contributed by atoms with E-state index in [1.165, 1.54) is 0 Å². The van der Waals surface area contributed by atoms with E-state index in [9.17, 15) is 8.42 Å². The number of sulfonamides is 1. The summed E-state index contributed by atoms with van der Waals surface area (Å²) >= 11 is 0. The summed E-state index contributed by atoms with van der Waals surface area (Å²) in [7, 11) is -1.70. The topological polar surface area (TPSA) is 64.0 Å². The molecule has 0 spiro atoms. The lowest BCUT2D eigenvalue weighted by molar-refractivity contribution is 0.578. The van der Waals surface area contributed by atoms with Crippen molar-refractivity contribution >= 4 is 10.0 Å². The molecule has 1 N–H and O–H groups in total. The van der Waals surface area contributed by atoms with Gasteiger partial charge in [0.2, 0.25) is 10.0 Å². The molecule has 0 fully saturated rings. The number of hydrogen-bond donors (Lipinski definition) is 1. The highest BCUT2D eigenvalue weighted by molar-refractivity contribution is 7.89. The van der Waals surface area contributed by atoms with Crippen LogP contribution in [0, 0.1) is 27.7 Å². The van der Waals surface area contributed by atoms with Gasteiger partial charge in [0.15, 0.2) is 0 Å². The van der Waals surface area contributed by atoms with E-state index in [0.717, 1.165) is 22.4 Å². The highest BCUT2D eigenvalue weighted by Gasteiger charge is 2.20. The number of benzene rings is 1. The van der Waals surface area contributed by atoms with Gasteiger partial charge in [0.25, 0.3) is 0 Å². The average molecular weight is 307 g/mol. The predicted octanol–water partition coefficient (Wildman–Crippen LogP) is 2.13. The van der Waals surface area contributed by atoms with Gasteiger partial charge in [-0.2, -0.15) is 5.10 Å². The number of aromatic nitrogens is 2. The van der Waals surface area contributed by atoms with Gasteiger partial charge >= 0.3 is 0 Å². The lowest BCUT2D eigenvalue weighted by Gasteiger charge is -2.12. The van der Waals surface area contributed by atoms with E-state index >= 15 is 0 Å². The highest BCUT2D eigenvalue weighted by Crippen LogP contribution is 2.21. The van der Waals surface area contributed by atoms with Crippen LogP contribution in [0.2, 0.25) is 0 Å². The standard InChI is InChI=1S/C15H21N3O2S/c1-10-6-11(2)15(12(3)7-10)21(19,20)16-9-14-8-13(4)18(5)17-14/h6-8,16H,9H2,1-5H3. The van der Waals surface area contributed by atoms with Gasteiger partial charge in [-0.1, -0.05) is 17.7 Å². The summed E-state index contributed by atoms with van der Waals surface area (Å²) < 4.78 is 29.4. The fourth-order valence-electron chi connectivity index (χ4n) is 2.55. The summed E-state index contributed by atoms with van der Waals surface area (Å²) in [6, 6.07) is 5.64. The summed E-state index contributed by atoms with van der Waals surface area (Å²) in [6.45, 7) is 7.72. The molecule has 0 aliphatic rings. The van der Waals surface area contributed by atoms with Crippen LogP contribution in [0.25, 0.3) is 0 Å². The lowest BCUT2D eigenvalue weighted by Crippen LogP contribution is -2.25. The molecule has 2 aromatic rings. The second-order valence-electron chi connectivity index (χ2n) is 5.45. The Labute approximate surface area is 126 Å². The molecule has 0 unspecified atom stereocenters. The van der Waals surface area contributed by atoms with Gasteiger partial charge in [-0.15, -0.1) is 0 Å². The quantitative estimate of drug-likeness (QED) is 0.941. The molecule has 21 heavy (non-hydrogen) atoms. The van der Waals surface area contributed by atoms with Gasteiger partial charge in [-0.05, 0) is 44.9 Å². The molecular formula is C15H21N3O2S. The molecular weight excluding hydrogens is 286 g/mol. The van der Waals surface area contributed by atoms with E-state index in [0.29, 0.717) is 10.6 Å². The maximum absolute atomic E-state index is 12.5. The van der Waals surface area contributed by atoms with Crippen LogP contribution in [-0.4, -0.2) is 18.2 Å². The molecule has 0 aliphatic heterocycles. The molecule has 1 heterocycles. The molecule has 0 saturated heterocycles. The number of rotatable bonds is 4. The monoisotopic (exact) mass is 307 g/mol. The van der Waals surface area contributed by atoms with E-state index in [1.54, 1.807) is 4.68 Å². The maximum Gasteiger partial charge on any atom is 0.241 e. The minimum Gasteiger partial charge on any atom is -0.273 e. The minimum absolute atomic E-state index is 0.191. The summed E-state index contributed by atoms with van der Waals surface area (Å²) in [4.78, 5) is 0.362. The fraction of sp³-hybridized carbons (Fsp3) is 0.400. The summed E-state index contributed by atoms with van der Waals surface area (Å²) in [6.07, 6.45) is 0. The Balaban J connectivity index is 2.27. The third kappa shape index (κ3) is 3.33. The molecule has 0 amide bonds. The van der Waals surface area contributed by atoms with Crippen LogP contribution >= 0.6 is 0 Å². The Hall–Kier alpha value is -1.66. The van der Waals surface area contributed by atoms with Crippen LogP contribution < -0.4 is 4.72 Å². The first-order chi connectivity index (χ1) is 9.70. The lowest BCUT2D eigenvalue weighted by atomic mass is 10.1. The van der Waals surface area contributed by atoms with Gasteiger partial charge in [-0.25, -0.2) is 13.1 Å². The normalized spacial score (nSPS) is 11.9. The fourth-order valence-corrected chi connectivity index (χ4v) is 4.00. The summed E-state index contributed by atoms with van der Waals surface area (Å²) in [5.74, 6) is 0. The van der Waals surface area contributed by atoms with Gasteiger partial charge in [0.05, 0.1) is 17.1 Å². The molecule has 2 rings (SSSR count). The predicted molar refractivity (Wildman–Crippen MR) is 82.6 cm³/mol. The van der Waals surface area contributed by atoms with E-state index in [4.69, 9.17) is 0 Å². The molecule has 6 heteroatoms. The Morgan fingerprint density at radius 2 is 1.67 bits per heavy atom. The molecule has 0 saturated carbocycles. The van der Waals surface area contributed by atoms with Crippen molar-refractivity contribution in [1.82, 2.24) is 14.5 Å². The summed E-state index contributed by atoms with van der Waals surface area (Å²) in [5.41, 5.74) is 4.28. The maximum atomic E-state index is 12.5. The van der Waals surface area contributed by atoms with Crippen LogP contribution in [0.3, 0.4) is 0 Å². The molecule has 5 nitrogen and oxygen atoms in total. The number of nitrogens with zero attached hydrogens (tertiary/aromatic N) is 2. The van der Waals surface area contributed by atoms with Gasteiger partial charge in [0.1, 0.15) is 0 Å². The van der Waals surface area contributed by atoms with Gasteiger partial charge in [-0.3, -0.25) is 4.68 Å². The van der Waals surface area contributed by atoms with Crippen LogP contribution in [0.4, 0.5) is 0 Å². The number of nitrogens with one attached hydrogen (secondary N) is 1. The van der Waals surface area contributed by atoms with Crippen molar-refractivity contribution in [2.75, 3.05) is 0 Å². The van der Waals surface area contributed by atoms with Gasteiger partial charge in [0, 0.05) is 12.7 Å². The Morgan fingerprint density at radius 1 is 1.10 bits per heavy atom. The second-order valence-corrected chi connectivity index (χ2v) is 7.16. The number of hydrogen-bond acceptors (Lipinski definition) is 3. The first-order valence-electron chi connectivity index (χ1n) is 6.78. The zero-order chi connectivity index (χ0) is 15.8. The van der Waals surface area contributed by atoms with Crippen LogP contribution in [0.15, 0.2) is 23.1 Å². The first-order valence-corrected chi connectivity index (χ1v) is 8.26. The van der Waals surface area contributed by atoms with Gasteiger partial charge < -0.3 is 0 Å². The van der Waals surface area contributed by atoms with E-state index in [1.807, 2.05) is 52.9 Å². The van der Waals surface area contributed by atoms with E-state index in [2.05, 4.69) is 9.82 Å². The molecule has 0 aliphatic carbocycles. The van der Waals surface area contributed by atoms with Crippen molar-refractivity contribution in [1.29, 1.82) is 0 Å². The highest BCUT2D eigenvalue weighted by atomic mass is 32.2. The first kappa shape index (κ1) is 15.7. The van der Waals surface area contributed by atoms with Crippen molar-refractivity contribution in [3.05, 3.63) is 46.3 Å². The zero-order valence-corrected chi connectivity index (χ0v) is 13.9. The van der Waals surface area contributed by atoms with Crippen LogP contribution in [0.1, 0.15) is 28.1 Å². The molecule has 0 radical (unpaired) electrons. The third-order valence-electron chi connectivity index (χ3n) is 3.48. The third-order valence-corrected chi connectivity index (χ3v) is 5.19. The average Bonchev–Trinajstić information content (AvgIpc) is 2.65. The Kier molecular flexibility index (Phi) is 4.20. The van der Waals surface area contributed by atoms with Crippen molar-refractivity contribution in [2.24, 2.45) is 7.05 Å². The number of aryl methyl sites for hydroxylation is 5.